The van der Waals surface area contributed by atoms with Crippen LogP contribution < -0.4 is 10.1 Å². The third-order valence-electron chi connectivity index (χ3n) is 3.46. The monoisotopic (exact) mass is 361 g/mol. The summed E-state index contributed by atoms with van der Waals surface area (Å²) in [5.41, 5.74) is 1.09. The van der Waals surface area contributed by atoms with E-state index in [1.807, 2.05) is 18.2 Å². The standard InChI is InChI=1S/C19H14ClF2NO2/c20-13-4-6-15(7-5-13)25-16-3-1-2-12(8-16)11-23-14-9-17(21)19(24)18(22)10-14/h1-10,23-24H,11H2. The number of hydrogen-bond acceptors (Lipinski definition) is 3. The summed E-state index contributed by atoms with van der Waals surface area (Å²) in [7, 11) is 0. The van der Waals surface area contributed by atoms with Crippen molar-refractivity contribution in [2.24, 2.45) is 0 Å². The minimum absolute atomic E-state index is 0.233. The van der Waals surface area contributed by atoms with E-state index in [0.29, 0.717) is 23.1 Å². The Morgan fingerprint density at radius 3 is 2.28 bits per heavy atom. The van der Waals surface area contributed by atoms with Gasteiger partial charge in [0.1, 0.15) is 11.5 Å². The largest absolute Gasteiger partial charge is 0.503 e. The number of nitrogens with one attached hydrogen (secondary N) is 1. The van der Waals surface area contributed by atoms with E-state index >= 15 is 0 Å². The van der Waals surface area contributed by atoms with Crippen LogP contribution in [0.3, 0.4) is 0 Å². The van der Waals surface area contributed by atoms with E-state index in [-0.39, 0.29) is 5.69 Å². The summed E-state index contributed by atoms with van der Waals surface area (Å²) in [6.45, 7) is 0.335. The second-order valence-electron chi connectivity index (χ2n) is 5.35. The zero-order valence-electron chi connectivity index (χ0n) is 13.0. The second-order valence-corrected chi connectivity index (χ2v) is 5.78. The van der Waals surface area contributed by atoms with Crippen LogP contribution in [0.25, 0.3) is 0 Å². The van der Waals surface area contributed by atoms with Crippen molar-refractivity contribution in [1.82, 2.24) is 0 Å². The lowest BCUT2D eigenvalue weighted by Gasteiger charge is -2.10. The van der Waals surface area contributed by atoms with Gasteiger partial charge in [0, 0.05) is 29.4 Å². The Labute approximate surface area is 148 Å². The van der Waals surface area contributed by atoms with Gasteiger partial charge in [-0.25, -0.2) is 8.78 Å². The highest BCUT2D eigenvalue weighted by atomic mass is 35.5. The molecule has 0 heterocycles. The van der Waals surface area contributed by atoms with Crippen LogP contribution in [0.5, 0.6) is 17.2 Å². The number of anilines is 1. The summed E-state index contributed by atoms with van der Waals surface area (Å²) in [5.74, 6) is -1.73. The molecule has 3 aromatic rings. The van der Waals surface area contributed by atoms with Crippen LogP contribution in [0.15, 0.2) is 60.7 Å². The molecule has 0 saturated heterocycles. The van der Waals surface area contributed by atoms with Gasteiger partial charge in [-0.3, -0.25) is 0 Å². The Balaban J connectivity index is 1.68. The zero-order chi connectivity index (χ0) is 17.8. The molecule has 3 nitrogen and oxygen atoms in total. The number of hydrogen-bond donors (Lipinski definition) is 2. The van der Waals surface area contributed by atoms with Gasteiger partial charge in [0.25, 0.3) is 0 Å². The maximum Gasteiger partial charge on any atom is 0.187 e. The molecule has 25 heavy (non-hydrogen) atoms. The van der Waals surface area contributed by atoms with Crippen molar-refractivity contribution in [1.29, 1.82) is 0 Å². The third-order valence-corrected chi connectivity index (χ3v) is 3.71. The number of phenols is 1. The molecule has 0 aromatic heterocycles. The van der Waals surface area contributed by atoms with Crippen LogP contribution in [-0.4, -0.2) is 5.11 Å². The minimum atomic E-state index is -1.01. The molecule has 0 amide bonds. The van der Waals surface area contributed by atoms with E-state index in [2.05, 4.69) is 5.32 Å². The molecular formula is C19H14ClF2NO2. The lowest BCUT2D eigenvalue weighted by atomic mass is 10.2. The van der Waals surface area contributed by atoms with E-state index < -0.39 is 17.4 Å². The molecule has 0 spiro atoms. The molecule has 0 saturated carbocycles. The van der Waals surface area contributed by atoms with Crippen molar-refractivity contribution in [2.45, 2.75) is 6.54 Å². The zero-order valence-corrected chi connectivity index (χ0v) is 13.7. The molecule has 0 fully saturated rings. The summed E-state index contributed by atoms with van der Waals surface area (Å²) >= 11 is 5.84. The smallest absolute Gasteiger partial charge is 0.187 e. The summed E-state index contributed by atoms with van der Waals surface area (Å²) in [5, 5.41) is 12.6. The molecule has 0 unspecified atom stereocenters. The van der Waals surface area contributed by atoms with E-state index in [0.717, 1.165) is 17.7 Å². The Bertz CT molecular complexity index is 862. The van der Waals surface area contributed by atoms with Gasteiger partial charge in [0.2, 0.25) is 0 Å². The van der Waals surface area contributed by atoms with Crippen molar-refractivity contribution in [3.05, 3.63) is 82.9 Å². The van der Waals surface area contributed by atoms with Gasteiger partial charge in [-0.2, -0.15) is 0 Å². The number of aromatic hydroxyl groups is 1. The third kappa shape index (κ3) is 4.39. The molecule has 128 valence electrons. The average molecular weight is 362 g/mol. The Hall–Kier alpha value is -2.79. The van der Waals surface area contributed by atoms with Gasteiger partial charge in [-0.15, -0.1) is 0 Å². The fraction of sp³-hybridized carbons (Fsp3) is 0.0526. The van der Waals surface area contributed by atoms with E-state index in [9.17, 15) is 8.78 Å². The van der Waals surface area contributed by atoms with E-state index in [1.165, 1.54) is 0 Å². The number of halogens is 3. The number of ether oxygens (including phenoxy) is 1. The fourth-order valence-corrected chi connectivity index (χ4v) is 2.36. The van der Waals surface area contributed by atoms with Gasteiger partial charge >= 0.3 is 0 Å². The average Bonchev–Trinajstić information content (AvgIpc) is 2.60. The normalized spacial score (nSPS) is 10.5. The van der Waals surface area contributed by atoms with Crippen LogP contribution in [-0.2, 0) is 6.54 Å². The number of phenolic OH excluding ortho intramolecular Hbond substituents is 1. The summed E-state index contributed by atoms with van der Waals surface area (Å²) in [6, 6.07) is 16.3. The molecule has 6 heteroatoms. The molecular weight excluding hydrogens is 348 g/mol. The Kier molecular flexibility index (Phi) is 5.05. The molecule has 3 aromatic carbocycles. The maximum atomic E-state index is 13.3. The molecule has 0 aliphatic heterocycles. The molecule has 3 rings (SSSR count). The number of rotatable bonds is 5. The lowest BCUT2D eigenvalue weighted by Crippen LogP contribution is -2.01. The van der Waals surface area contributed by atoms with Crippen LogP contribution in [0.2, 0.25) is 5.02 Å². The first-order valence-electron chi connectivity index (χ1n) is 7.45. The second kappa shape index (κ2) is 7.40. The van der Waals surface area contributed by atoms with Crippen LogP contribution in [0.1, 0.15) is 5.56 Å². The van der Waals surface area contributed by atoms with Crippen LogP contribution in [0, 0.1) is 11.6 Å². The molecule has 0 atom stereocenters. The highest BCUT2D eigenvalue weighted by molar-refractivity contribution is 6.30. The van der Waals surface area contributed by atoms with Crippen LogP contribution >= 0.6 is 11.6 Å². The number of benzene rings is 3. The minimum Gasteiger partial charge on any atom is -0.503 e. The van der Waals surface area contributed by atoms with Gasteiger partial charge in [-0.05, 0) is 42.0 Å². The van der Waals surface area contributed by atoms with E-state index in [1.54, 1.807) is 30.3 Å². The van der Waals surface area contributed by atoms with Crippen LogP contribution in [0.4, 0.5) is 14.5 Å². The van der Waals surface area contributed by atoms with Gasteiger partial charge in [0.15, 0.2) is 17.4 Å². The van der Waals surface area contributed by atoms with Crippen molar-refractivity contribution in [3.63, 3.8) is 0 Å². The highest BCUT2D eigenvalue weighted by Gasteiger charge is 2.09. The van der Waals surface area contributed by atoms with Crippen molar-refractivity contribution < 1.29 is 18.6 Å². The summed E-state index contributed by atoms with van der Waals surface area (Å²) in [6.07, 6.45) is 0. The first kappa shape index (κ1) is 17.0. The SMILES string of the molecule is Oc1c(F)cc(NCc2cccc(Oc3ccc(Cl)cc3)c2)cc1F. The first-order chi connectivity index (χ1) is 12.0. The maximum absolute atomic E-state index is 13.3. The van der Waals surface area contributed by atoms with Crippen molar-refractivity contribution in [3.8, 4) is 17.2 Å². The molecule has 2 N–H and O–H groups in total. The summed E-state index contributed by atoms with van der Waals surface area (Å²) < 4.78 is 32.4. The molecule has 0 bridgehead atoms. The Morgan fingerprint density at radius 1 is 0.920 bits per heavy atom. The molecule has 0 aliphatic rings. The van der Waals surface area contributed by atoms with Gasteiger partial charge in [-0.1, -0.05) is 23.7 Å². The van der Waals surface area contributed by atoms with Crippen molar-refractivity contribution in [2.75, 3.05) is 5.32 Å². The molecule has 0 radical (unpaired) electrons. The Morgan fingerprint density at radius 2 is 1.60 bits per heavy atom. The predicted octanol–water partition coefficient (Wildman–Crippen LogP) is 5.73. The van der Waals surface area contributed by atoms with Crippen molar-refractivity contribution >= 4 is 17.3 Å². The van der Waals surface area contributed by atoms with E-state index in [4.69, 9.17) is 21.4 Å². The quantitative estimate of drug-likeness (QED) is 0.570. The predicted molar refractivity (Wildman–Crippen MR) is 93.3 cm³/mol. The first-order valence-corrected chi connectivity index (χ1v) is 7.83. The highest BCUT2D eigenvalue weighted by Crippen LogP contribution is 2.26. The van der Waals surface area contributed by atoms with Gasteiger partial charge in [0.05, 0.1) is 0 Å². The lowest BCUT2D eigenvalue weighted by molar-refractivity contribution is 0.396. The topological polar surface area (TPSA) is 41.5 Å². The summed E-state index contributed by atoms with van der Waals surface area (Å²) in [4.78, 5) is 0. The van der Waals surface area contributed by atoms with Gasteiger partial charge < -0.3 is 15.2 Å². The fourth-order valence-electron chi connectivity index (χ4n) is 2.23. The molecule has 0 aliphatic carbocycles.